The van der Waals surface area contributed by atoms with Crippen molar-refractivity contribution < 1.29 is 9.47 Å². The van der Waals surface area contributed by atoms with Gasteiger partial charge < -0.3 is 14.8 Å². The number of thiophene rings is 1. The largest absolute Gasteiger partial charge is 0.454 e. The normalized spacial score (nSPS) is 12.6. The number of hydrogen-bond donors (Lipinski definition) is 1. The molecule has 136 valence electrons. The van der Waals surface area contributed by atoms with E-state index in [1.807, 2.05) is 41.3 Å². The molecule has 1 aromatic carbocycles. The molecule has 5 rings (SSSR count). The van der Waals surface area contributed by atoms with E-state index in [0.717, 1.165) is 46.3 Å². The maximum atomic E-state index is 5.45. The number of nitrogens with zero attached hydrogens (tertiary/aromatic N) is 4. The number of hydrogen-bond acceptors (Lipinski definition) is 7. The maximum absolute atomic E-state index is 5.45. The van der Waals surface area contributed by atoms with E-state index in [1.54, 1.807) is 17.5 Å². The van der Waals surface area contributed by atoms with Crippen molar-refractivity contribution in [1.82, 2.24) is 19.5 Å². The van der Waals surface area contributed by atoms with Crippen LogP contribution in [0.4, 0.5) is 5.82 Å². The molecule has 4 aromatic rings. The average Bonchev–Trinajstić information content (AvgIpc) is 3.41. The Morgan fingerprint density at radius 1 is 1.19 bits per heavy atom. The van der Waals surface area contributed by atoms with Gasteiger partial charge in [-0.05, 0) is 42.5 Å². The summed E-state index contributed by atoms with van der Waals surface area (Å²) in [5, 5.41) is 6.53. The van der Waals surface area contributed by atoms with Crippen molar-refractivity contribution in [2.75, 3.05) is 18.7 Å². The van der Waals surface area contributed by atoms with Gasteiger partial charge in [-0.2, -0.15) is 4.98 Å². The van der Waals surface area contributed by atoms with Gasteiger partial charge in [0.05, 0.1) is 5.39 Å². The van der Waals surface area contributed by atoms with E-state index >= 15 is 0 Å². The van der Waals surface area contributed by atoms with Crippen LogP contribution in [0.25, 0.3) is 16.2 Å². The van der Waals surface area contributed by atoms with Crippen LogP contribution in [-0.4, -0.2) is 32.9 Å². The van der Waals surface area contributed by atoms with Crippen LogP contribution in [0, 0.1) is 6.92 Å². The smallest absolute Gasteiger partial charge is 0.238 e. The fraction of sp³-hybridized carbons (Fsp3) is 0.211. The number of aryl methyl sites for hydroxylation is 1. The average molecular weight is 379 g/mol. The van der Waals surface area contributed by atoms with Crippen LogP contribution in [-0.2, 0) is 6.42 Å². The highest BCUT2D eigenvalue weighted by Crippen LogP contribution is 2.32. The molecule has 4 heterocycles. The minimum atomic E-state index is 0.296. The third-order valence-corrected chi connectivity index (χ3v) is 5.30. The van der Waals surface area contributed by atoms with E-state index in [2.05, 4.69) is 21.4 Å². The molecule has 1 aliphatic heterocycles. The van der Waals surface area contributed by atoms with Gasteiger partial charge in [0.25, 0.3) is 0 Å². The van der Waals surface area contributed by atoms with Crippen molar-refractivity contribution in [3.8, 4) is 17.4 Å². The van der Waals surface area contributed by atoms with Crippen LogP contribution >= 0.6 is 11.3 Å². The van der Waals surface area contributed by atoms with Crippen LogP contribution in [0.3, 0.4) is 0 Å². The van der Waals surface area contributed by atoms with E-state index in [1.165, 1.54) is 5.56 Å². The molecular weight excluding hydrogens is 362 g/mol. The minimum absolute atomic E-state index is 0.296. The summed E-state index contributed by atoms with van der Waals surface area (Å²) in [4.78, 5) is 14.6. The van der Waals surface area contributed by atoms with Gasteiger partial charge in [0, 0.05) is 18.9 Å². The first-order valence-corrected chi connectivity index (χ1v) is 9.54. The van der Waals surface area contributed by atoms with Gasteiger partial charge in [0.15, 0.2) is 11.5 Å². The molecule has 0 unspecified atom stereocenters. The summed E-state index contributed by atoms with van der Waals surface area (Å²) in [6.45, 7) is 2.99. The van der Waals surface area contributed by atoms with E-state index in [4.69, 9.17) is 14.5 Å². The van der Waals surface area contributed by atoms with E-state index in [9.17, 15) is 0 Å². The lowest BCUT2D eigenvalue weighted by Gasteiger charge is -2.10. The van der Waals surface area contributed by atoms with Gasteiger partial charge in [0.1, 0.15) is 16.5 Å². The fourth-order valence-corrected chi connectivity index (χ4v) is 3.86. The second-order valence-corrected chi connectivity index (χ2v) is 7.12. The first-order valence-electron chi connectivity index (χ1n) is 8.66. The second kappa shape index (κ2) is 6.55. The topological polar surface area (TPSA) is 74.1 Å². The highest BCUT2D eigenvalue weighted by atomic mass is 32.1. The lowest BCUT2D eigenvalue weighted by Crippen LogP contribution is -2.10. The van der Waals surface area contributed by atoms with Gasteiger partial charge >= 0.3 is 0 Å². The molecule has 1 aliphatic rings. The Bertz CT molecular complexity index is 1120. The summed E-state index contributed by atoms with van der Waals surface area (Å²) in [5.74, 6) is 3.95. The van der Waals surface area contributed by atoms with Gasteiger partial charge in [0.2, 0.25) is 12.7 Å². The molecule has 0 radical (unpaired) electrons. The molecule has 0 spiro atoms. The maximum Gasteiger partial charge on any atom is 0.238 e. The van der Waals surface area contributed by atoms with Crippen LogP contribution in [0.15, 0.2) is 42.0 Å². The number of ether oxygens (including phenoxy) is 2. The second-order valence-electron chi connectivity index (χ2n) is 6.22. The van der Waals surface area contributed by atoms with Crippen molar-refractivity contribution in [2.45, 2.75) is 13.3 Å². The molecule has 0 saturated heterocycles. The number of anilines is 1. The molecule has 8 heteroatoms. The molecule has 0 saturated carbocycles. The molecule has 27 heavy (non-hydrogen) atoms. The Labute approximate surface area is 159 Å². The lowest BCUT2D eigenvalue weighted by molar-refractivity contribution is 0.174. The molecule has 7 nitrogen and oxygen atoms in total. The van der Waals surface area contributed by atoms with Crippen molar-refractivity contribution in [2.24, 2.45) is 0 Å². The number of aromatic nitrogens is 4. The van der Waals surface area contributed by atoms with Gasteiger partial charge in [-0.3, -0.25) is 4.57 Å². The van der Waals surface area contributed by atoms with Crippen LogP contribution < -0.4 is 14.8 Å². The monoisotopic (exact) mass is 379 g/mol. The highest BCUT2D eigenvalue weighted by molar-refractivity contribution is 7.16. The quantitative estimate of drug-likeness (QED) is 0.571. The molecule has 0 bridgehead atoms. The number of imidazole rings is 1. The Kier molecular flexibility index (Phi) is 3.90. The Morgan fingerprint density at radius 2 is 2.11 bits per heavy atom. The zero-order chi connectivity index (χ0) is 18.2. The number of fused-ring (bicyclic) bond motifs is 2. The van der Waals surface area contributed by atoms with E-state index < -0.39 is 0 Å². The summed E-state index contributed by atoms with van der Waals surface area (Å²) in [7, 11) is 0. The third-order valence-electron chi connectivity index (χ3n) is 4.50. The molecular formula is C19H17N5O2S. The van der Waals surface area contributed by atoms with Gasteiger partial charge in [-0.25, -0.2) is 9.97 Å². The predicted molar refractivity (Wildman–Crippen MR) is 104 cm³/mol. The van der Waals surface area contributed by atoms with Crippen molar-refractivity contribution in [3.63, 3.8) is 0 Å². The van der Waals surface area contributed by atoms with Crippen LogP contribution in [0.1, 0.15) is 11.4 Å². The summed E-state index contributed by atoms with van der Waals surface area (Å²) in [5.41, 5.74) is 1.19. The standard InChI is InChI=1S/C19H17N5O2S/c1-12-20-7-8-24(12)19-22-17(14-5-9-27-18(14)23-19)21-6-4-13-2-3-15-16(10-13)26-11-25-15/h2-3,5,7-10H,4,6,11H2,1H3,(H,21,22,23). The highest BCUT2D eigenvalue weighted by Gasteiger charge is 2.14. The third kappa shape index (κ3) is 2.97. The molecule has 1 N–H and O–H groups in total. The Balaban J connectivity index is 1.38. The number of nitrogens with one attached hydrogen (secondary N) is 1. The first kappa shape index (κ1) is 16.1. The van der Waals surface area contributed by atoms with Crippen molar-refractivity contribution >= 4 is 27.4 Å². The summed E-state index contributed by atoms with van der Waals surface area (Å²) in [6.07, 6.45) is 4.48. The summed E-state index contributed by atoms with van der Waals surface area (Å²) in [6, 6.07) is 8.10. The SMILES string of the molecule is Cc1nccn1-c1nc(NCCc2ccc3c(c2)OCO3)c2ccsc2n1. The zero-order valence-corrected chi connectivity index (χ0v) is 15.5. The predicted octanol–water partition coefficient (Wildman–Crippen LogP) is 3.57. The number of rotatable bonds is 5. The fourth-order valence-electron chi connectivity index (χ4n) is 3.10. The molecule has 0 atom stereocenters. The number of benzene rings is 1. The Hall–Kier alpha value is -3.13. The first-order chi connectivity index (χ1) is 13.3. The van der Waals surface area contributed by atoms with Crippen LogP contribution in [0.2, 0.25) is 0 Å². The molecule has 0 amide bonds. The summed E-state index contributed by atoms with van der Waals surface area (Å²) >= 11 is 1.61. The van der Waals surface area contributed by atoms with Crippen LogP contribution in [0.5, 0.6) is 11.5 Å². The van der Waals surface area contributed by atoms with E-state index in [-0.39, 0.29) is 0 Å². The zero-order valence-electron chi connectivity index (χ0n) is 14.7. The lowest BCUT2D eigenvalue weighted by atomic mass is 10.1. The Morgan fingerprint density at radius 3 is 3.00 bits per heavy atom. The minimum Gasteiger partial charge on any atom is -0.454 e. The van der Waals surface area contributed by atoms with E-state index in [0.29, 0.717) is 12.7 Å². The van der Waals surface area contributed by atoms with Crippen molar-refractivity contribution in [1.29, 1.82) is 0 Å². The van der Waals surface area contributed by atoms with Gasteiger partial charge in [-0.15, -0.1) is 11.3 Å². The molecule has 3 aromatic heterocycles. The molecule has 0 fully saturated rings. The van der Waals surface area contributed by atoms with Gasteiger partial charge in [-0.1, -0.05) is 6.07 Å². The van der Waals surface area contributed by atoms with Crippen molar-refractivity contribution in [3.05, 3.63) is 53.4 Å². The molecule has 0 aliphatic carbocycles. The summed E-state index contributed by atoms with van der Waals surface area (Å²) < 4.78 is 12.7.